The molecule has 0 spiro atoms. The number of nitriles is 1. The quantitative estimate of drug-likeness (QED) is 0.708. The van der Waals surface area contributed by atoms with Crippen LogP contribution in [0.4, 0.5) is 15.8 Å². The van der Waals surface area contributed by atoms with Crippen molar-refractivity contribution in [1.82, 2.24) is 0 Å². The van der Waals surface area contributed by atoms with Gasteiger partial charge in [-0.05, 0) is 29.8 Å². The van der Waals surface area contributed by atoms with Crippen molar-refractivity contribution < 1.29 is 9.50 Å². The third kappa shape index (κ3) is 2.68. The number of allylic oxidation sites excluding steroid dienone is 1. The summed E-state index contributed by atoms with van der Waals surface area (Å²) in [6.07, 6.45) is 0. The summed E-state index contributed by atoms with van der Waals surface area (Å²) in [4.78, 5) is 1.71. The summed E-state index contributed by atoms with van der Waals surface area (Å²) >= 11 is 0. The Kier molecular flexibility index (Phi) is 4.02. The third-order valence-electron chi connectivity index (χ3n) is 4.72. The Balaban J connectivity index is 2.03. The number of anilines is 2. The molecule has 0 aromatic heterocycles. The Morgan fingerprint density at radius 3 is 2.37 bits per heavy atom. The molecule has 0 aliphatic carbocycles. The zero-order valence-electron chi connectivity index (χ0n) is 14.3. The second kappa shape index (κ2) is 6.50. The number of hydrogen-bond donors (Lipinski definition) is 2. The van der Waals surface area contributed by atoms with Crippen LogP contribution in [0.5, 0.6) is 5.75 Å². The van der Waals surface area contributed by atoms with Gasteiger partial charge in [0.1, 0.15) is 17.4 Å². The molecule has 1 heterocycles. The van der Waals surface area contributed by atoms with Crippen LogP contribution >= 0.6 is 0 Å². The topological polar surface area (TPSA) is 73.3 Å². The molecule has 3 aromatic carbocycles. The highest BCUT2D eigenvalue weighted by Crippen LogP contribution is 2.47. The van der Waals surface area contributed by atoms with E-state index in [0.29, 0.717) is 16.8 Å². The minimum absolute atomic E-state index is 0.0650. The van der Waals surface area contributed by atoms with Crippen LogP contribution in [0, 0.1) is 17.1 Å². The van der Waals surface area contributed by atoms with E-state index in [1.807, 2.05) is 30.3 Å². The summed E-state index contributed by atoms with van der Waals surface area (Å²) in [6, 6.07) is 22.7. The Hall–Kier alpha value is -3.78. The number of para-hydroxylation sites is 1. The van der Waals surface area contributed by atoms with Crippen LogP contribution in [-0.4, -0.2) is 5.11 Å². The van der Waals surface area contributed by atoms with E-state index in [0.717, 1.165) is 5.69 Å². The summed E-state index contributed by atoms with van der Waals surface area (Å²) in [5.74, 6) is -0.771. The molecule has 3 aromatic rings. The monoisotopic (exact) mass is 357 g/mol. The van der Waals surface area contributed by atoms with Crippen molar-refractivity contribution in [2.75, 3.05) is 4.90 Å². The number of nitrogens with zero attached hydrogens (tertiary/aromatic N) is 2. The Morgan fingerprint density at radius 2 is 1.67 bits per heavy atom. The van der Waals surface area contributed by atoms with Gasteiger partial charge >= 0.3 is 0 Å². The lowest BCUT2D eigenvalue weighted by atomic mass is 9.81. The van der Waals surface area contributed by atoms with Gasteiger partial charge < -0.3 is 10.8 Å². The van der Waals surface area contributed by atoms with E-state index < -0.39 is 11.7 Å². The average Bonchev–Trinajstić information content (AvgIpc) is 2.68. The Labute approximate surface area is 156 Å². The molecule has 0 saturated carbocycles. The molecule has 0 fully saturated rings. The fourth-order valence-electron chi connectivity index (χ4n) is 3.53. The maximum absolute atomic E-state index is 14.6. The number of phenols is 1. The van der Waals surface area contributed by atoms with Crippen LogP contribution in [0.3, 0.4) is 0 Å². The minimum atomic E-state index is -0.647. The molecule has 0 unspecified atom stereocenters. The van der Waals surface area contributed by atoms with Crippen LogP contribution in [0.15, 0.2) is 84.2 Å². The fraction of sp³-hybridized carbons (Fsp3) is 0.0455. The maximum Gasteiger partial charge on any atom is 0.127 e. The van der Waals surface area contributed by atoms with E-state index in [9.17, 15) is 14.8 Å². The van der Waals surface area contributed by atoms with Gasteiger partial charge in [0.15, 0.2) is 0 Å². The van der Waals surface area contributed by atoms with Gasteiger partial charge in [-0.15, -0.1) is 0 Å². The molecule has 1 aliphatic heterocycles. The van der Waals surface area contributed by atoms with Crippen molar-refractivity contribution in [3.05, 3.63) is 101 Å². The van der Waals surface area contributed by atoms with Crippen molar-refractivity contribution in [2.24, 2.45) is 5.73 Å². The summed E-state index contributed by atoms with van der Waals surface area (Å²) in [5.41, 5.74) is 9.09. The molecule has 132 valence electrons. The first-order valence-corrected chi connectivity index (χ1v) is 8.44. The predicted molar refractivity (Wildman–Crippen MR) is 102 cm³/mol. The molecular weight excluding hydrogens is 341 g/mol. The number of fused-ring (bicyclic) bond motifs is 1. The molecule has 0 amide bonds. The summed E-state index contributed by atoms with van der Waals surface area (Å²) in [6.45, 7) is 0. The minimum Gasteiger partial charge on any atom is -0.508 e. The highest BCUT2D eigenvalue weighted by atomic mass is 19.1. The molecule has 3 N–H and O–H groups in total. The number of rotatable bonds is 2. The second-order valence-electron chi connectivity index (χ2n) is 6.28. The van der Waals surface area contributed by atoms with E-state index in [2.05, 4.69) is 6.07 Å². The molecule has 4 nitrogen and oxygen atoms in total. The smallest absolute Gasteiger partial charge is 0.127 e. The lowest BCUT2D eigenvalue weighted by molar-refractivity contribution is 0.475. The van der Waals surface area contributed by atoms with Crippen molar-refractivity contribution in [1.29, 1.82) is 5.26 Å². The second-order valence-corrected chi connectivity index (χ2v) is 6.28. The summed E-state index contributed by atoms with van der Waals surface area (Å²) in [5, 5.41) is 19.9. The Morgan fingerprint density at radius 1 is 0.963 bits per heavy atom. The number of benzene rings is 3. The third-order valence-corrected chi connectivity index (χ3v) is 4.72. The van der Waals surface area contributed by atoms with Crippen molar-refractivity contribution in [3.8, 4) is 11.8 Å². The molecular formula is C22H16FN3O. The first-order chi connectivity index (χ1) is 13.1. The summed E-state index contributed by atoms with van der Waals surface area (Å²) in [7, 11) is 0. The van der Waals surface area contributed by atoms with Crippen LogP contribution < -0.4 is 10.6 Å². The van der Waals surface area contributed by atoms with Gasteiger partial charge in [0, 0.05) is 17.3 Å². The van der Waals surface area contributed by atoms with Gasteiger partial charge in [-0.3, -0.25) is 4.90 Å². The molecule has 0 radical (unpaired) electrons. The van der Waals surface area contributed by atoms with E-state index in [1.54, 1.807) is 35.2 Å². The van der Waals surface area contributed by atoms with E-state index in [1.165, 1.54) is 12.1 Å². The van der Waals surface area contributed by atoms with Crippen LogP contribution in [0.1, 0.15) is 17.0 Å². The number of halogens is 1. The van der Waals surface area contributed by atoms with Gasteiger partial charge in [0.2, 0.25) is 0 Å². The highest BCUT2D eigenvalue weighted by Gasteiger charge is 2.35. The van der Waals surface area contributed by atoms with Crippen molar-refractivity contribution in [2.45, 2.75) is 5.92 Å². The maximum atomic E-state index is 14.6. The lowest BCUT2D eigenvalue weighted by Crippen LogP contribution is -2.31. The molecule has 4 rings (SSSR count). The number of hydrogen-bond acceptors (Lipinski definition) is 4. The van der Waals surface area contributed by atoms with Gasteiger partial charge in [-0.1, -0.05) is 42.5 Å². The van der Waals surface area contributed by atoms with Crippen molar-refractivity contribution in [3.63, 3.8) is 0 Å². The first kappa shape index (κ1) is 16.7. The zero-order chi connectivity index (χ0) is 19.0. The lowest BCUT2D eigenvalue weighted by Gasteiger charge is -2.36. The van der Waals surface area contributed by atoms with Gasteiger partial charge in [0.05, 0.1) is 23.2 Å². The van der Waals surface area contributed by atoms with E-state index >= 15 is 0 Å². The molecule has 1 aliphatic rings. The Bertz CT molecular complexity index is 1090. The van der Waals surface area contributed by atoms with E-state index in [-0.39, 0.29) is 17.1 Å². The normalized spacial score (nSPS) is 16.0. The van der Waals surface area contributed by atoms with Crippen LogP contribution in [-0.2, 0) is 0 Å². The predicted octanol–water partition coefficient (Wildman–Crippen LogP) is 4.51. The van der Waals surface area contributed by atoms with Crippen LogP contribution in [0.2, 0.25) is 0 Å². The largest absolute Gasteiger partial charge is 0.508 e. The number of phenolic OH excluding ortho intramolecular Hbond substituents is 1. The molecule has 27 heavy (non-hydrogen) atoms. The van der Waals surface area contributed by atoms with Gasteiger partial charge in [-0.2, -0.15) is 5.26 Å². The molecule has 0 saturated heterocycles. The van der Waals surface area contributed by atoms with Gasteiger partial charge in [-0.25, -0.2) is 4.39 Å². The number of nitrogens with two attached hydrogens (primary N) is 1. The van der Waals surface area contributed by atoms with E-state index in [4.69, 9.17) is 5.73 Å². The van der Waals surface area contributed by atoms with Crippen molar-refractivity contribution >= 4 is 11.4 Å². The fourth-order valence-corrected chi connectivity index (χ4v) is 3.53. The van der Waals surface area contributed by atoms with Gasteiger partial charge in [0.25, 0.3) is 0 Å². The standard InChI is InChI=1S/C22H16FN3O/c23-19-9-5-4-8-16(19)21-17-11-10-15(27)12-20(17)26(22(25)18(21)13-24)14-6-2-1-3-7-14/h1-12,21,27H,25H2/t21-/m0/s1. The highest BCUT2D eigenvalue weighted by molar-refractivity contribution is 5.78. The summed E-state index contributed by atoms with van der Waals surface area (Å²) < 4.78 is 14.6. The molecule has 1 atom stereocenters. The average molecular weight is 357 g/mol. The van der Waals surface area contributed by atoms with Crippen LogP contribution in [0.25, 0.3) is 0 Å². The number of aromatic hydroxyl groups is 1. The first-order valence-electron chi connectivity index (χ1n) is 8.44. The molecule has 5 heteroatoms. The molecule has 0 bridgehead atoms. The zero-order valence-corrected chi connectivity index (χ0v) is 14.3. The SMILES string of the molecule is N#CC1=C(N)N(c2ccccc2)c2cc(O)ccc2[C@@H]1c1ccccc1F.